The molecule has 0 heterocycles. The molecule has 23 heavy (non-hydrogen) atoms. The number of anilines is 1. The highest BCUT2D eigenvalue weighted by molar-refractivity contribution is 6.31. The molecule has 0 saturated heterocycles. The van der Waals surface area contributed by atoms with Crippen molar-refractivity contribution in [3.63, 3.8) is 0 Å². The van der Waals surface area contributed by atoms with Gasteiger partial charge in [0.25, 0.3) is 5.91 Å². The van der Waals surface area contributed by atoms with Gasteiger partial charge in [0, 0.05) is 16.8 Å². The summed E-state index contributed by atoms with van der Waals surface area (Å²) in [5, 5.41) is 3.45. The highest BCUT2D eigenvalue weighted by Crippen LogP contribution is 2.22. The number of carbonyl (C=O) groups is 1. The van der Waals surface area contributed by atoms with E-state index in [1.54, 1.807) is 25.3 Å². The lowest BCUT2D eigenvalue weighted by Gasteiger charge is -2.18. The highest BCUT2D eigenvalue weighted by Gasteiger charge is 2.19. The van der Waals surface area contributed by atoms with E-state index in [4.69, 9.17) is 21.1 Å². The summed E-state index contributed by atoms with van der Waals surface area (Å²) in [7, 11) is 1.59. The third-order valence-electron chi connectivity index (χ3n) is 3.42. The van der Waals surface area contributed by atoms with Gasteiger partial charge < -0.3 is 14.8 Å². The van der Waals surface area contributed by atoms with Crippen LogP contribution in [0.15, 0.2) is 42.5 Å². The van der Waals surface area contributed by atoms with Gasteiger partial charge in [-0.2, -0.15) is 0 Å². The molecule has 2 aromatic rings. The largest absolute Gasteiger partial charge is 0.497 e. The lowest BCUT2D eigenvalue weighted by atomic mass is 10.2. The number of aryl methyl sites for hydroxylation is 1. The molecule has 0 aliphatic rings. The Morgan fingerprint density at radius 3 is 2.61 bits per heavy atom. The van der Waals surface area contributed by atoms with Crippen LogP contribution in [0.2, 0.25) is 5.02 Å². The fourth-order valence-corrected chi connectivity index (χ4v) is 2.23. The quantitative estimate of drug-likeness (QED) is 0.849. The molecule has 1 atom stereocenters. The molecule has 0 fully saturated rings. The van der Waals surface area contributed by atoms with E-state index >= 15 is 0 Å². The summed E-state index contributed by atoms with van der Waals surface area (Å²) in [5.74, 6) is 1.06. The molecular weight excluding hydrogens is 314 g/mol. The summed E-state index contributed by atoms with van der Waals surface area (Å²) in [4.78, 5) is 12.4. The van der Waals surface area contributed by atoms with E-state index in [-0.39, 0.29) is 5.91 Å². The molecular formula is C18H20ClNO3. The van der Waals surface area contributed by atoms with E-state index in [0.29, 0.717) is 28.6 Å². The number of ether oxygens (including phenoxy) is 2. The van der Waals surface area contributed by atoms with E-state index < -0.39 is 6.10 Å². The molecule has 0 bridgehead atoms. The minimum Gasteiger partial charge on any atom is -0.497 e. The van der Waals surface area contributed by atoms with Crippen LogP contribution < -0.4 is 14.8 Å². The van der Waals surface area contributed by atoms with Crippen molar-refractivity contribution < 1.29 is 14.3 Å². The molecule has 0 unspecified atom stereocenters. The van der Waals surface area contributed by atoms with E-state index in [2.05, 4.69) is 5.32 Å². The average Bonchev–Trinajstić information content (AvgIpc) is 2.56. The second-order valence-electron chi connectivity index (χ2n) is 5.15. The van der Waals surface area contributed by atoms with Gasteiger partial charge in [-0.1, -0.05) is 30.7 Å². The molecule has 2 aromatic carbocycles. The Hall–Kier alpha value is -2.20. The van der Waals surface area contributed by atoms with Crippen LogP contribution in [0.3, 0.4) is 0 Å². The van der Waals surface area contributed by atoms with Gasteiger partial charge in [0.05, 0.1) is 7.11 Å². The van der Waals surface area contributed by atoms with Gasteiger partial charge >= 0.3 is 0 Å². The molecule has 0 spiro atoms. The maximum atomic E-state index is 12.4. The Labute approximate surface area is 141 Å². The first-order valence-electron chi connectivity index (χ1n) is 7.41. The molecule has 0 aromatic heterocycles. The van der Waals surface area contributed by atoms with Crippen LogP contribution in [0.25, 0.3) is 0 Å². The smallest absolute Gasteiger partial charge is 0.265 e. The molecule has 0 radical (unpaired) electrons. The Morgan fingerprint density at radius 2 is 1.96 bits per heavy atom. The second-order valence-corrected chi connectivity index (χ2v) is 5.55. The van der Waals surface area contributed by atoms with E-state index in [1.165, 1.54) is 0 Å². The van der Waals surface area contributed by atoms with E-state index in [0.717, 1.165) is 5.56 Å². The zero-order valence-corrected chi connectivity index (χ0v) is 14.2. The number of hydrogen-bond donors (Lipinski definition) is 1. The predicted molar refractivity (Wildman–Crippen MR) is 92.5 cm³/mol. The van der Waals surface area contributed by atoms with Crippen LogP contribution >= 0.6 is 11.6 Å². The molecule has 0 aliphatic heterocycles. The molecule has 1 N–H and O–H groups in total. The van der Waals surface area contributed by atoms with Crippen LogP contribution in [0, 0.1) is 6.92 Å². The van der Waals surface area contributed by atoms with Crippen LogP contribution in [0.1, 0.15) is 18.9 Å². The first-order chi connectivity index (χ1) is 11.0. The number of carbonyl (C=O) groups excluding carboxylic acids is 1. The number of rotatable bonds is 6. The van der Waals surface area contributed by atoms with Crippen molar-refractivity contribution in [2.24, 2.45) is 0 Å². The third kappa shape index (κ3) is 4.63. The SMILES string of the molecule is CC[C@H](Oc1cccc(OC)c1)C(=O)Nc1ccc(C)c(Cl)c1. The summed E-state index contributed by atoms with van der Waals surface area (Å²) in [6.07, 6.45) is -0.0509. The van der Waals surface area contributed by atoms with Gasteiger partial charge in [0.15, 0.2) is 6.10 Å². The van der Waals surface area contributed by atoms with Crippen molar-refractivity contribution in [1.29, 1.82) is 0 Å². The number of methoxy groups -OCH3 is 1. The Morgan fingerprint density at radius 1 is 1.22 bits per heavy atom. The highest BCUT2D eigenvalue weighted by atomic mass is 35.5. The van der Waals surface area contributed by atoms with Crippen molar-refractivity contribution in [2.75, 3.05) is 12.4 Å². The number of benzene rings is 2. The van der Waals surface area contributed by atoms with E-state index in [1.807, 2.05) is 38.1 Å². The molecule has 122 valence electrons. The molecule has 0 aliphatic carbocycles. The molecule has 0 saturated carbocycles. The van der Waals surface area contributed by atoms with Crippen molar-refractivity contribution in [3.05, 3.63) is 53.1 Å². The van der Waals surface area contributed by atoms with Crippen molar-refractivity contribution >= 4 is 23.2 Å². The van der Waals surface area contributed by atoms with Crippen molar-refractivity contribution in [3.8, 4) is 11.5 Å². The van der Waals surface area contributed by atoms with Crippen LogP contribution in [0.5, 0.6) is 11.5 Å². The number of halogens is 1. The molecule has 4 nitrogen and oxygen atoms in total. The van der Waals surface area contributed by atoms with Crippen LogP contribution in [-0.2, 0) is 4.79 Å². The average molecular weight is 334 g/mol. The fourth-order valence-electron chi connectivity index (χ4n) is 2.05. The van der Waals surface area contributed by atoms with Gasteiger partial charge in [-0.15, -0.1) is 0 Å². The standard InChI is InChI=1S/C18H20ClNO3/c1-4-17(23-15-7-5-6-14(11-15)22-3)18(21)20-13-9-8-12(2)16(19)10-13/h5-11,17H,4H2,1-3H3,(H,20,21)/t17-/m0/s1. The lowest BCUT2D eigenvalue weighted by Crippen LogP contribution is -2.32. The van der Waals surface area contributed by atoms with Gasteiger partial charge in [0.1, 0.15) is 11.5 Å². The van der Waals surface area contributed by atoms with Crippen molar-refractivity contribution in [2.45, 2.75) is 26.4 Å². The van der Waals surface area contributed by atoms with Gasteiger partial charge in [-0.25, -0.2) is 0 Å². The van der Waals surface area contributed by atoms with Gasteiger partial charge in [-0.05, 0) is 43.2 Å². The zero-order valence-electron chi connectivity index (χ0n) is 13.4. The molecule has 5 heteroatoms. The summed E-state index contributed by atoms with van der Waals surface area (Å²) in [6, 6.07) is 12.6. The topological polar surface area (TPSA) is 47.6 Å². The molecule has 1 amide bonds. The van der Waals surface area contributed by atoms with Gasteiger partial charge in [0.2, 0.25) is 0 Å². The minimum absolute atomic E-state index is 0.213. The number of amides is 1. The van der Waals surface area contributed by atoms with Crippen molar-refractivity contribution in [1.82, 2.24) is 0 Å². The predicted octanol–water partition coefficient (Wildman–Crippen LogP) is 4.45. The maximum absolute atomic E-state index is 12.4. The van der Waals surface area contributed by atoms with Crippen LogP contribution in [-0.4, -0.2) is 19.1 Å². The Bertz CT molecular complexity index is 688. The third-order valence-corrected chi connectivity index (χ3v) is 3.83. The monoisotopic (exact) mass is 333 g/mol. The fraction of sp³-hybridized carbons (Fsp3) is 0.278. The maximum Gasteiger partial charge on any atom is 0.265 e. The summed E-state index contributed by atoms with van der Waals surface area (Å²) in [6.45, 7) is 3.81. The first-order valence-corrected chi connectivity index (χ1v) is 7.79. The summed E-state index contributed by atoms with van der Waals surface area (Å²) < 4.78 is 10.9. The van der Waals surface area contributed by atoms with Gasteiger partial charge in [-0.3, -0.25) is 4.79 Å². The Kier molecular flexibility index (Phi) is 5.88. The first kappa shape index (κ1) is 17.2. The summed E-state index contributed by atoms with van der Waals surface area (Å²) in [5.41, 5.74) is 1.61. The number of hydrogen-bond acceptors (Lipinski definition) is 3. The second kappa shape index (κ2) is 7.88. The zero-order chi connectivity index (χ0) is 16.8. The summed E-state index contributed by atoms with van der Waals surface area (Å²) >= 11 is 6.08. The van der Waals surface area contributed by atoms with E-state index in [9.17, 15) is 4.79 Å². The Balaban J connectivity index is 2.07. The number of nitrogens with one attached hydrogen (secondary N) is 1. The van der Waals surface area contributed by atoms with Crippen LogP contribution in [0.4, 0.5) is 5.69 Å². The molecule has 2 rings (SSSR count). The minimum atomic E-state index is -0.595. The normalized spacial score (nSPS) is 11.7. The lowest BCUT2D eigenvalue weighted by molar-refractivity contribution is -0.122.